The van der Waals surface area contributed by atoms with E-state index >= 15 is 0 Å². The van der Waals surface area contributed by atoms with Crippen LogP contribution >= 0.6 is 11.6 Å². The first-order chi connectivity index (χ1) is 13.0. The molecule has 0 N–H and O–H groups in total. The minimum atomic E-state index is -0.384. The second-order valence-corrected chi connectivity index (χ2v) is 7.45. The number of unbranched alkanes of at least 4 members (excludes halogenated alkanes) is 1. The van der Waals surface area contributed by atoms with Gasteiger partial charge in [-0.3, -0.25) is 4.99 Å². The Labute approximate surface area is 164 Å². The molecule has 1 aliphatic rings. The molecule has 2 aromatic rings. The van der Waals surface area contributed by atoms with Crippen LogP contribution in [0.15, 0.2) is 35.5 Å². The Kier molecular flexibility index (Phi) is 6.51. The van der Waals surface area contributed by atoms with E-state index in [-0.39, 0.29) is 29.1 Å². The lowest BCUT2D eigenvalue weighted by atomic mass is 9.93. The first-order valence-corrected chi connectivity index (χ1v) is 9.87. The lowest BCUT2D eigenvalue weighted by Crippen LogP contribution is -2.30. The molecule has 144 valence electrons. The summed E-state index contributed by atoms with van der Waals surface area (Å²) < 4.78 is 22.1. The zero-order chi connectivity index (χ0) is 19.4. The molecule has 0 bridgehead atoms. The van der Waals surface area contributed by atoms with Gasteiger partial charge in [0, 0.05) is 35.1 Å². The average molecular weight is 389 g/mol. The van der Waals surface area contributed by atoms with E-state index in [1.165, 1.54) is 6.07 Å². The van der Waals surface area contributed by atoms with E-state index in [2.05, 4.69) is 30.0 Å². The van der Waals surface area contributed by atoms with Crippen LogP contribution in [-0.2, 0) is 4.74 Å². The largest absolute Gasteiger partial charge is 0.354 e. The van der Waals surface area contributed by atoms with E-state index in [9.17, 15) is 4.39 Å². The molecule has 0 radical (unpaired) electrons. The van der Waals surface area contributed by atoms with Crippen molar-refractivity contribution in [2.75, 3.05) is 0 Å². The number of benzene rings is 1. The molecule has 3 rings (SSSR count). The summed E-state index contributed by atoms with van der Waals surface area (Å²) in [5, 5.41) is 2.05. The molecule has 1 aromatic carbocycles. The summed E-state index contributed by atoms with van der Waals surface area (Å²) in [7, 11) is 0. The SMILES string of the molecule is C=c1/c(=C\N=CCCC)ccn1C1CCC(C(C)c2ccc(Cl)c(F)c2)O1. The quantitative estimate of drug-likeness (QED) is 0.654. The zero-order valence-corrected chi connectivity index (χ0v) is 16.6. The fraction of sp³-hybridized carbons (Fsp3) is 0.409. The number of hydrogen-bond acceptors (Lipinski definition) is 2. The van der Waals surface area contributed by atoms with Gasteiger partial charge in [0.1, 0.15) is 12.0 Å². The third kappa shape index (κ3) is 4.50. The molecule has 1 saturated heterocycles. The highest BCUT2D eigenvalue weighted by Crippen LogP contribution is 2.36. The molecule has 5 heteroatoms. The molecule has 2 heterocycles. The highest BCUT2D eigenvalue weighted by Gasteiger charge is 2.31. The Morgan fingerprint density at radius 1 is 1.41 bits per heavy atom. The van der Waals surface area contributed by atoms with Gasteiger partial charge in [0.2, 0.25) is 0 Å². The zero-order valence-electron chi connectivity index (χ0n) is 15.9. The Balaban J connectivity index is 1.71. The van der Waals surface area contributed by atoms with Gasteiger partial charge in [-0.2, -0.15) is 0 Å². The predicted molar refractivity (Wildman–Crippen MR) is 110 cm³/mol. The van der Waals surface area contributed by atoms with Crippen molar-refractivity contribution in [3.05, 3.63) is 57.4 Å². The van der Waals surface area contributed by atoms with E-state index in [1.807, 2.05) is 30.7 Å². The van der Waals surface area contributed by atoms with Gasteiger partial charge in [-0.15, -0.1) is 0 Å². The lowest BCUT2D eigenvalue weighted by molar-refractivity contribution is -0.00904. The Morgan fingerprint density at radius 3 is 2.96 bits per heavy atom. The molecule has 3 atom stereocenters. The molecule has 1 fully saturated rings. The molecule has 1 aliphatic heterocycles. The number of aromatic nitrogens is 1. The van der Waals surface area contributed by atoms with Gasteiger partial charge < -0.3 is 9.30 Å². The number of ether oxygens (including phenoxy) is 1. The molecule has 27 heavy (non-hydrogen) atoms. The third-order valence-corrected chi connectivity index (χ3v) is 5.47. The fourth-order valence-corrected chi connectivity index (χ4v) is 3.56. The van der Waals surface area contributed by atoms with Gasteiger partial charge in [-0.1, -0.05) is 44.5 Å². The summed E-state index contributed by atoms with van der Waals surface area (Å²) in [4.78, 5) is 4.34. The molecule has 3 nitrogen and oxygen atoms in total. The van der Waals surface area contributed by atoms with Crippen LogP contribution in [0.4, 0.5) is 4.39 Å². The van der Waals surface area contributed by atoms with Crippen LogP contribution in [0.2, 0.25) is 5.02 Å². The molecule has 0 spiro atoms. The smallest absolute Gasteiger partial charge is 0.142 e. The van der Waals surface area contributed by atoms with Crippen molar-refractivity contribution in [1.82, 2.24) is 4.57 Å². The number of aliphatic imine (C=N–C) groups is 1. The predicted octanol–water partition coefficient (Wildman–Crippen LogP) is 4.78. The molecular formula is C22H26ClFN2O. The van der Waals surface area contributed by atoms with Crippen molar-refractivity contribution < 1.29 is 9.13 Å². The first kappa shape index (κ1) is 19.8. The molecular weight excluding hydrogens is 363 g/mol. The van der Waals surface area contributed by atoms with Crippen molar-refractivity contribution in [1.29, 1.82) is 0 Å². The van der Waals surface area contributed by atoms with Crippen molar-refractivity contribution in [2.45, 2.75) is 57.8 Å². The second kappa shape index (κ2) is 8.85. The van der Waals surface area contributed by atoms with Gasteiger partial charge >= 0.3 is 0 Å². The van der Waals surface area contributed by atoms with Crippen LogP contribution < -0.4 is 10.6 Å². The van der Waals surface area contributed by atoms with E-state index in [0.717, 1.165) is 41.8 Å². The van der Waals surface area contributed by atoms with Crippen LogP contribution in [0.3, 0.4) is 0 Å². The standard InChI is InChI=1S/C22H26ClFN2O/c1-4-5-11-25-14-18-10-12-26(16(18)3)22-9-8-21(27-22)15(2)17-6-7-19(23)20(24)13-17/h6-7,10-15,21-22H,3-5,8-9H2,1-2H3/b18-14-,25-11?. The van der Waals surface area contributed by atoms with Crippen LogP contribution in [-0.4, -0.2) is 16.9 Å². The fourth-order valence-electron chi connectivity index (χ4n) is 3.45. The maximum absolute atomic E-state index is 13.8. The number of halogens is 2. The number of hydrogen-bond donors (Lipinski definition) is 0. The van der Waals surface area contributed by atoms with E-state index in [1.54, 1.807) is 6.07 Å². The highest BCUT2D eigenvalue weighted by atomic mass is 35.5. The minimum Gasteiger partial charge on any atom is -0.354 e. The normalized spacial score (nSPS) is 22.0. The summed E-state index contributed by atoms with van der Waals surface area (Å²) in [5.41, 5.74) is 0.907. The van der Waals surface area contributed by atoms with Gasteiger partial charge in [0.15, 0.2) is 0 Å². The van der Waals surface area contributed by atoms with E-state index in [4.69, 9.17) is 16.3 Å². The molecule has 3 unspecified atom stereocenters. The highest BCUT2D eigenvalue weighted by molar-refractivity contribution is 6.30. The molecule has 0 saturated carbocycles. The van der Waals surface area contributed by atoms with E-state index in [0.29, 0.717) is 0 Å². The summed E-state index contributed by atoms with van der Waals surface area (Å²) in [6, 6.07) is 7.00. The summed E-state index contributed by atoms with van der Waals surface area (Å²) in [5.74, 6) is -0.292. The van der Waals surface area contributed by atoms with Gasteiger partial charge in [-0.05, 0) is 43.0 Å². The number of nitrogens with zero attached hydrogens (tertiary/aromatic N) is 2. The van der Waals surface area contributed by atoms with Gasteiger partial charge in [-0.25, -0.2) is 4.39 Å². The summed E-state index contributed by atoms with van der Waals surface area (Å²) in [6.07, 6.45) is 9.64. The average Bonchev–Trinajstić information content (AvgIpc) is 3.27. The van der Waals surface area contributed by atoms with Gasteiger partial charge in [0.25, 0.3) is 0 Å². The summed E-state index contributed by atoms with van der Waals surface area (Å²) in [6.45, 7) is 8.38. The Bertz CT molecular complexity index is 921. The van der Waals surface area contributed by atoms with Crippen molar-refractivity contribution in [2.24, 2.45) is 4.99 Å². The number of rotatable bonds is 6. The second-order valence-electron chi connectivity index (χ2n) is 7.04. The maximum Gasteiger partial charge on any atom is 0.142 e. The molecule has 1 aromatic heterocycles. The minimum absolute atomic E-state index is 0.0346. The topological polar surface area (TPSA) is 26.5 Å². The van der Waals surface area contributed by atoms with Crippen LogP contribution in [0.1, 0.15) is 57.2 Å². The van der Waals surface area contributed by atoms with Crippen molar-refractivity contribution >= 4 is 30.6 Å². The van der Waals surface area contributed by atoms with Crippen molar-refractivity contribution in [3.63, 3.8) is 0 Å². The Hall–Kier alpha value is -1.91. The maximum atomic E-state index is 13.8. The molecule has 0 amide bonds. The monoisotopic (exact) mass is 388 g/mol. The first-order valence-electron chi connectivity index (χ1n) is 9.49. The molecule has 0 aliphatic carbocycles. The lowest BCUT2D eigenvalue weighted by Gasteiger charge is -2.21. The summed E-state index contributed by atoms with van der Waals surface area (Å²) >= 11 is 5.79. The van der Waals surface area contributed by atoms with Crippen LogP contribution in [0, 0.1) is 5.82 Å². The van der Waals surface area contributed by atoms with Crippen molar-refractivity contribution in [3.8, 4) is 0 Å². The van der Waals surface area contributed by atoms with Gasteiger partial charge in [0.05, 0.1) is 11.1 Å². The van der Waals surface area contributed by atoms with Crippen LogP contribution in [0.5, 0.6) is 0 Å². The third-order valence-electron chi connectivity index (χ3n) is 5.16. The Morgan fingerprint density at radius 2 is 2.22 bits per heavy atom. The van der Waals surface area contributed by atoms with Crippen LogP contribution in [0.25, 0.3) is 12.8 Å². The van der Waals surface area contributed by atoms with E-state index < -0.39 is 0 Å².